The average Bonchev–Trinajstić information content (AvgIpc) is 3.06. The second-order valence-corrected chi connectivity index (χ2v) is 7.20. The van der Waals surface area contributed by atoms with Gasteiger partial charge in [0, 0.05) is 23.7 Å². The molecule has 166 valence electrons. The molecule has 0 radical (unpaired) electrons. The number of nitrogens with one attached hydrogen (secondary N) is 1. The molecule has 33 heavy (non-hydrogen) atoms. The van der Waals surface area contributed by atoms with E-state index in [2.05, 4.69) is 5.32 Å². The van der Waals surface area contributed by atoms with Gasteiger partial charge in [-0.05, 0) is 17.5 Å². The molecule has 0 bridgehead atoms. The van der Waals surface area contributed by atoms with Crippen LogP contribution in [0.15, 0.2) is 60.7 Å². The predicted octanol–water partition coefficient (Wildman–Crippen LogP) is 2.92. The molecule has 4 rings (SSSR count). The van der Waals surface area contributed by atoms with Gasteiger partial charge in [0.1, 0.15) is 5.56 Å². The summed E-state index contributed by atoms with van der Waals surface area (Å²) in [5, 5.41) is 15.6. The van der Waals surface area contributed by atoms with Gasteiger partial charge in [0.05, 0.1) is 16.9 Å². The average molecular weight is 447 g/mol. The first-order valence-corrected chi connectivity index (χ1v) is 9.93. The van der Waals surface area contributed by atoms with Crippen LogP contribution in [0.4, 0.5) is 11.4 Å². The minimum absolute atomic E-state index is 0.0861. The summed E-state index contributed by atoms with van der Waals surface area (Å²) in [6.07, 6.45) is -0.360. The third kappa shape index (κ3) is 4.26. The summed E-state index contributed by atoms with van der Waals surface area (Å²) in [5.74, 6) is -2.91. The lowest BCUT2D eigenvalue weighted by Crippen LogP contribution is -2.32. The number of amides is 3. The van der Waals surface area contributed by atoms with Gasteiger partial charge in [-0.2, -0.15) is 0 Å². The molecule has 0 fully saturated rings. The molecule has 0 aromatic heterocycles. The van der Waals surface area contributed by atoms with Crippen molar-refractivity contribution in [2.45, 2.75) is 6.42 Å². The largest absolute Gasteiger partial charge is 0.456 e. The molecule has 3 aromatic rings. The number of benzene rings is 3. The van der Waals surface area contributed by atoms with Crippen LogP contribution in [-0.2, 0) is 14.3 Å². The third-order valence-corrected chi connectivity index (χ3v) is 5.14. The van der Waals surface area contributed by atoms with Crippen molar-refractivity contribution >= 4 is 45.8 Å². The standard InChI is InChI=1S/C23H17N3O7/c27-19(24-17-9-3-6-14-5-1-2-7-15(14)17)13-33-20(28)11-12-25-22(29)16-8-4-10-18(26(31)32)21(16)23(25)30/h1-10H,11-13H2,(H,24,27). The number of fused-ring (bicyclic) bond motifs is 2. The first-order valence-electron chi connectivity index (χ1n) is 9.93. The van der Waals surface area contributed by atoms with E-state index < -0.39 is 40.9 Å². The fourth-order valence-corrected chi connectivity index (χ4v) is 3.61. The highest BCUT2D eigenvalue weighted by Gasteiger charge is 2.40. The first kappa shape index (κ1) is 21.6. The maximum atomic E-state index is 12.5. The zero-order chi connectivity index (χ0) is 23.5. The topological polar surface area (TPSA) is 136 Å². The SMILES string of the molecule is O=C(COC(=O)CCN1C(=O)c2cccc([N+](=O)[O-])c2C1=O)Nc1cccc2ccccc12. The van der Waals surface area contributed by atoms with Crippen molar-refractivity contribution in [3.8, 4) is 0 Å². The van der Waals surface area contributed by atoms with Gasteiger partial charge in [-0.1, -0.05) is 42.5 Å². The van der Waals surface area contributed by atoms with Gasteiger partial charge in [0.15, 0.2) is 6.61 Å². The Bertz CT molecular complexity index is 1310. The van der Waals surface area contributed by atoms with Gasteiger partial charge in [-0.25, -0.2) is 0 Å². The van der Waals surface area contributed by atoms with Gasteiger partial charge in [-0.15, -0.1) is 0 Å². The molecule has 0 saturated carbocycles. The monoisotopic (exact) mass is 447 g/mol. The Labute approximate surface area is 186 Å². The van der Waals surface area contributed by atoms with Crippen LogP contribution in [0, 0.1) is 10.1 Å². The number of esters is 1. The fraction of sp³-hybridized carbons (Fsp3) is 0.130. The van der Waals surface area contributed by atoms with Crippen molar-refractivity contribution in [2.75, 3.05) is 18.5 Å². The molecule has 0 saturated heterocycles. The maximum Gasteiger partial charge on any atom is 0.308 e. The van der Waals surface area contributed by atoms with E-state index in [1.54, 1.807) is 12.1 Å². The van der Waals surface area contributed by atoms with Crippen LogP contribution in [0.3, 0.4) is 0 Å². The molecule has 0 spiro atoms. The number of anilines is 1. The number of hydrogen-bond acceptors (Lipinski definition) is 7. The molecular weight excluding hydrogens is 430 g/mol. The summed E-state index contributed by atoms with van der Waals surface area (Å²) < 4.78 is 4.95. The highest BCUT2D eigenvalue weighted by atomic mass is 16.6. The molecule has 0 unspecified atom stereocenters. The van der Waals surface area contributed by atoms with E-state index in [1.807, 2.05) is 30.3 Å². The van der Waals surface area contributed by atoms with E-state index in [4.69, 9.17) is 4.74 Å². The minimum atomic E-state index is -0.844. The molecule has 1 N–H and O–H groups in total. The minimum Gasteiger partial charge on any atom is -0.456 e. The number of carbonyl (C=O) groups excluding carboxylic acids is 4. The number of nitro benzene ring substituents is 1. The van der Waals surface area contributed by atoms with Crippen LogP contribution in [0.25, 0.3) is 10.8 Å². The molecular formula is C23H17N3O7. The summed E-state index contributed by atoms with van der Waals surface area (Å²) in [7, 11) is 0. The van der Waals surface area contributed by atoms with Crippen molar-refractivity contribution in [1.29, 1.82) is 0 Å². The number of hydrogen-bond donors (Lipinski definition) is 1. The quantitative estimate of drug-likeness (QED) is 0.254. The highest BCUT2D eigenvalue weighted by molar-refractivity contribution is 6.23. The normalized spacial score (nSPS) is 12.5. The van der Waals surface area contributed by atoms with Crippen LogP contribution in [0.1, 0.15) is 27.1 Å². The zero-order valence-electron chi connectivity index (χ0n) is 17.1. The molecule has 0 aliphatic carbocycles. The van der Waals surface area contributed by atoms with Crippen molar-refractivity contribution in [2.24, 2.45) is 0 Å². The molecule has 0 atom stereocenters. The molecule has 1 aliphatic heterocycles. The number of rotatable bonds is 7. The van der Waals surface area contributed by atoms with E-state index in [0.717, 1.165) is 21.7 Å². The van der Waals surface area contributed by atoms with Crippen molar-refractivity contribution in [3.05, 3.63) is 81.9 Å². The molecule has 3 amide bonds. The first-order chi connectivity index (χ1) is 15.9. The molecule has 10 nitrogen and oxygen atoms in total. The lowest BCUT2D eigenvalue weighted by Gasteiger charge is -2.13. The van der Waals surface area contributed by atoms with Gasteiger partial charge in [-0.3, -0.25) is 34.2 Å². The molecule has 3 aromatic carbocycles. The number of nitro groups is 1. The number of carbonyl (C=O) groups is 4. The highest BCUT2D eigenvalue weighted by Crippen LogP contribution is 2.30. The van der Waals surface area contributed by atoms with E-state index in [9.17, 15) is 29.3 Å². The Morgan fingerprint density at radius 3 is 2.48 bits per heavy atom. The van der Waals surface area contributed by atoms with Gasteiger partial charge in [0.2, 0.25) is 0 Å². The lowest BCUT2D eigenvalue weighted by atomic mass is 10.1. The number of imide groups is 1. The smallest absolute Gasteiger partial charge is 0.308 e. The van der Waals surface area contributed by atoms with Crippen LogP contribution in [0.5, 0.6) is 0 Å². The predicted molar refractivity (Wildman–Crippen MR) is 117 cm³/mol. The van der Waals surface area contributed by atoms with Crippen LogP contribution >= 0.6 is 0 Å². The zero-order valence-corrected chi connectivity index (χ0v) is 17.1. The van der Waals surface area contributed by atoms with Crippen LogP contribution in [-0.4, -0.2) is 46.7 Å². The van der Waals surface area contributed by atoms with E-state index >= 15 is 0 Å². The Balaban J connectivity index is 1.32. The van der Waals surface area contributed by atoms with E-state index in [1.165, 1.54) is 12.1 Å². The summed E-state index contributed by atoms with van der Waals surface area (Å²) in [4.78, 5) is 60.4. The maximum absolute atomic E-state index is 12.5. The summed E-state index contributed by atoms with van der Waals surface area (Å²) in [5.41, 5.74) is -0.282. The summed E-state index contributed by atoms with van der Waals surface area (Å²) >= 11 is 0. The third-order valence-electron chi connectivity index (χ3n) is 5.14. The Morgan fingerprint density at radius 1 is 0.970 bits per heavy atom. The Morgan fingerprint density at radius 2 is 1.70 bits per heavy atom. The summed E-state index contributed by atoms with van der Waals surface area (Å²) in [6.45, 7) is -0.872. The van der Waals surface area contributed by atoms with Gasteiger partial charge >= 0.3 is 5.97 Å². The van der Waals surface area contributed by atoms with Gasteiger partial charge < -0.3 is 10.1 Å². The second kappa shape index (κ2) is 8.87. The van der Waals surface area contributed by atoms with Crippen molar-refractivity contribution in [3.63, 3.8) is 0 Å². The van der Waals surface area contributed by atoms with Crippen molar-refractivity contribution in [1.82, 2.24) is 4.90 Å². The van der Waals surface area contributed by atoms with Crippen molar-refractivity contribution < 1.29 is 28.8 Å². The number of ether oxygens (including phenoxy) is 1. The molecule has 1 heterocycles. The van der Waals surface area contributed by atoms with E-state index in [0.29, 0.717) is 5.69 Å². The molecule has 10 heteroatoms. The van der Waals surface area contributed by atoms with Gasteiger partial charge in [0.25, 0.3) is 23.4 Å². The lowest BCUT2D eigenvalue weighted by molar-refractivity contribution is -0.385. The molecule has 1 aliphatic rings. The van der Waals surface area contributed by atoms with Crippen LogP contribution < -0.4 is 5.32 Å². The Hall–Kier alpha value is -4.60. The summed E-state index contributed by atoms with van der Waals surface area (Å²) in [6, 6.07) is 16.7. The Kier molecular flexibility index (Phi) is 5.81. The number of nitrogens with zero attached hydrogens (tertiary/aromatic N) is 2. The van der Waals surface area contributed by atoms with Crippen LogP contribution in [0.2, 0.25) is 0 Å². The second-order valence-electron chi connectivity index (χ2n) is 7.20. The fourth-order valence-electron chi connectivity index (χ4n) is 3.61. The van der Waals surface area contributed by atoms with E-state index in [-0.39, 0.29) is 24.1 Å².